The first kappa shape index (κ1) is 17.4. The summed E-state index contributed by atoms with van der Waals surface area (Å²) < 4.78 is 5.73. The standard InChI is InChI=1S/C15H21NO4S/c1-3-11(2)20-13-7-5-4-6-12(13)15(19)16-8-9-21-10-14(17)18/h4-7,11H,3,8-10H2,1-2H3,(H,16,19)(H,17,18). The number of benzene rings is 1. The molecule has 0 saturated carbocycles. The zero-order valence-corrected chi connectivity index (χ0v) is 13.1. The van der Waals surface area contributed by atoms with Crippen LogP contribution in [-0.4, -0.2) is 41.1 Å². The van der Waals surface area contributed by atoms with E-state index in [1.54, 1.807) is 18.2 Å². The summed E-state index contributed by atoms with van der Waals surface area (Å²) in [6.45, 7) is 4.40. The zero-order chi connectivity index (χ0) is 15.7. The third kappa shape index (κ3) is 6.53. The van der Waals surface area contributed by atoms with Crippen molar-refractivity contribution >= 4 is 23.6 Å². The molecule has 0 saturated heterocycles. The summed E-state index contributed by atoms with van der Waals surface area (Å²) in [5.41, 5.74) is 0.501. The van der Waals surface area contributed by atoms with Gasteiger partial charge in [0.2, 0.25) is 0 Å². The molecule has 0 radical (unpaired) electrons. The van der Waals surface area contributed by atoms with Crippen molar-refractivity contribution in [2.75, 3.05) is 18.1 Å². The molecule has 2 N–H and O–H groups in total. The molecule has 1 amide bonds. The molecule has 116 valence electrons. The van der Waals surface area contributed by atoms with Gasteiger partial charge >= 0.3 is 5.97 Å². The lowest BCUT2D eigenvalue weighted by Crippen LogP contribution is -2.27. The van der Waals surface area contributed by atoms with E-state index < -0.39 is 5.97 Å². The lowest BCUT2D eigenvalue weighted by atomic mass is 10.2. The number of ether oxygens (including phenoxy) is 1. The van der Waals surface area contributed by atoms with E-state index in [0.29, 0.717) is 23.6 Å². The van der Waals surface area contributed by atoms with E-state index in [4.69, 9.17) is 9.84 Å². The molecule has 0 bridgehead atoms. The Morgan fingerprint density at radius 3 is 2.76 bits per heavy atom. The molecule has 1 rings (SSSR count). The maximum atomic E-state index is 12.1. The minimum atomic E-state index is -0.848. The lowest BCUT2D eigenvalue weighted by molar-refractivity contribution is -0.133. The zero-order valence-electron chi connectivity index (χ0n) is 12.3. The highest BCUT2D eigenvalue weighted by atomic mass is 32.2. The van der Waals surface area contributed by atoms with Crippen LogP contribution in [0.5, 0.6) is 5.75 Å². The number of hydrogen-bond acceptors (Lipinski definition) is 4. The SMILES string of the molecule is CCC(C)Oc1ccccc1C(=O)NCCSCC(=O)O. The van der Waals surface area contributed by atoms with Gasteiger partial charge in [0, 0.05) is 12.3 Å². The van der Waals surface area contributed by atoms with Gasteiger partial charge in [0.25, 0.3) is 5.91 Å². The number of rotatable bonds is 9. The number of amides is 1. The number of carboxylic acids is 1. The van der Waals surface area contributed by atoms with Gasteiger partial charge in [0.05, 0.1) is 17.4 Å². The molecular weight excluding hydrogens is 290 g/mol. The van der Waals surface area contributed by atoms with Crippen molar-refractivity contribution in [1.29, 1.82) is 0 Å². The second kappa shape index (κ2) is 9.28. The maximum Gasteiger partial charge on any atom is 0.313 e. The fourth-order valence-electron chi connectivity index (χ4n) is 1.55. The molecule has 21 heavy (non-hydrogen) atoms. The van der Waals surface area contributed by atoms with Gasteiger partial charge < -0.3 is 15.2 Å². The summed E-state index contributed by atoms with van der Waals surface area (Å²) in [5.74, 6) is 0.127. The van der Waals surface area contributed by atoms with E-state index in [-0.39, 0.29) is 17.8 Å². The van der Waals surface area contributed by atoms with Crippen LogP contribution in [0, 0.1) is 0 Å². The number of carbonyl (C=O) groups is 2. The third-order valence-corrected chi connectivity index (χ3v) is 3.74. The second-order valence-corrected chi connectivity index (χ2v) is 5.64. The van der Waals surface area contributed by atoms with Crippen molar-refractivity contribution in [1.82, 2.24) is 5.32 Å². The Morgan fingerprint density at radius 2 is 2.10 bits per heavy atom. The highest BCUT2D eigenvalue weighted by Crippen LogP contribution is 2.20. The van der Waals surface area contributed by atoms with Crippen LogP contribution in [0.15, 0.2) is 24.3 Å². The maximum absolute atomic E-state index is 12.1. The van der Waals surface area contributed by atoms with E-state index in [2.05, 4.69) is 5.32 Å². The average molecular weight is 311 g/mol. The van der Waals surface area contributed by atoms with E-state index in [1.165, 1.54) is 11.8 Å². The van der Waals surface area contributed by atoms with Crippen LogP contribution in [0.25, 0.3) is 0 Å². The minimum absolute atomic E-state index is 0.0452. The van der Waals surface area contributed by atoms with E-state index in [1.807, 2.05) is 19.9 Å². The molecule has 0 aromatic heterocycles. The van der Waals surface area contributed by atoms with Gasteiger partial charge in [-0.15, -0.1) is 11.8 Å². The van der Waals surface area contributed by atoms with Crippen LogP contribution < -0.4 is 10.1 Å². The molecule has 1 unspecified atom stereocenters. The molecule has 6 heteroatoms. The summed E-state index contributed by atoms with van der Waals surface area (Å²) in [7, 11) is 0. The Labute approximate surface area is 129 Å². The number of nitrogens with one attached hydrogen (secondary N) is 1. The molecule has 0 fully saturated rings. The number of aliphatic carboxylic acids is 1. The number of thioether (sulfide) groups is 1. The Kier molecular flexibility index (Phi) is 7.68. The van der Waals surface area contributed by atoms with Crippen molar-refractivity contribution in [2.45, 2.75) is 26.4 Å². The van der Waals surface area contributed by atoms with Gasteiger partial charge in [-0.2, -0.15) is 0 Å². The summed E-state index contributed by atoms with van der Waals surface area (Å²) in [6, 6.07) is 7.12. The first-order valence-electron chi connectivity index (χ1n) is 6.88. The topological polar surface area (TPSA) is 75.6 Å². The van der Waals surface area contributed by atoms with Crippen LogP contribution in [0.1, 0.15) is 30.6 Å². The predicted molar refractivity (Wildman–Crippen MR) is 84.1 cm³/mol. The van der Waals surface area contributed by atoms with E-state index in [0.717, 1.165) is 6.42 Å². The first-order valence-corrected chi connectivity index (χ1v) is 8.03. The molecule has 0 heterocycles. The van der Waals surface area contributed by atoms with Crippen molar-refractivity contribution < 1.29 is 19.4 Å². The number of para-hydroxylation sites is 1. The van der Waals surface area contributed by atoms with Crippen LogP contribution in [0.3, 0.4) is 0 Å². The van der Waals surface area contributed by atoms with Crippen molar-refractivity contribution in [3.63, 3.8) is 0 Å². The van der Waals surface area contributed by atoms with Gasteiger partial charge in [-0.3, -0.25) is 9.59 Å². The van der Waals surface area contributed by atoms with E-state index >= 15 is 0 Å². The lowest BCUT2D eigenvalue weighted by Gasteiger charge is -2.15. The normalized spacial score (nSPS) is 11.7. The fraction of sp³-hybridized carbons (Fsp3) is 0.467. The second-order valence-electron chi connectivity index (χ2n) is 4.54. The van der Waals surface area contributed by atoms with Gasteiger partial charge in [-0.1, -0.05) is 19.1 Å². The van der Waals surface area contributed by atoms with E-state index in [9.17, 15) is 9.59 Å². The largest absolute Gasteiger partial charge is 0.490 e. The van der Waals surface area contributed by atoms with Gasteiger partial charge in [-0.05, 0) is 25.5 Å². The molecule has 1 aromatic carbocycles. The first-order chi connectivity index (χ1) is 10.0. The molecule has 1 atom stereocenters. The highest BCUT2D eigenvalue weighted by molar-refractivity contribution is 7.99. The molecule has 0 aliphatic heterocycles. The summed E-state index contributed by atoms with van der Waals surface area (Å²) in [6.07, 6.45) is 0.909. The van der Waals surface area contributed by atoms with Gasteiger partial charge in [0.15, 0.2) is 0 Å². The molecule has 0 aliphatic rings. The van der Waals surface area contributed by atoms with Gasteiger partial charge in [-0.25, -0.2) is 0 Å². The van der Waals surface area contributed by atoms with Crippen LogP contribution in [0.4, 0.5) is 0 Å². The summed E-state index contributed by atoms with van der Waals surface area (Å²) in [5, 5.41) is 11.3. The minimum Gasteiger partial charge on any atom is -0.490 e. The predicted octanol–water partition coefficient (Wildman–Crippen LogP) is 2.41. The monoisotopic (exact) mass is 311 g/mol. The van der Waals surface area contributed by atoms with Crippen molar-refractivity contribution in [3.05, 3.63) is 29.8 Å². The van der Waals surface area contributed by atoms with Crippen molar-refractivity contribution in [2.24, 2.45) is 0 Å². The Balaban J connectivity index is 2.51. The number of carbonyl (C=O) groups excluding carboxylic acids is 1. The number of carboxylic acid groups (broad SMARTS) is 1. The van der Waals surface area contributed by atoms with Crippen LogP contribution in [0.2, 0.25) is 0 Å². The molecular formula is C15H21NO4S. The Bertz CT molecular complexity index is 478. The van der Waals surface area contributed by atoms with Crippen molar-refractivity contribution in [3.8, 4) is 5.75 Å². The molecule has 0 aliphatic carbocycles. The summed E-state index contributed by atoms with van der Waals surface area (Å²) in [4.78, 5) is 22.5. The van der Waals surface area contributed by atoms with Crippen LogP contribution in [-0.2, 0) is 4.79 Å². The molecule has 1 aromatic rings. The average Bonchev–Trinajstić information content (AvgIpc) is 2.46. The Hall–Kier alpha value is -1.69. The van der Waals surface area contributed by atoms with Gasteiger partial charge in [0.1, 0.15) is 5.75 Å². The molecule has 0 spiro atoms. The highest BCUT2D eigenvalue weighted by Gasteiger charge is 2.13. The smallest absolute Gasteiger partial charge is 0.313 e. The molecule has 5 nitrogen and oxygen atoms in total. The number of hydrogen-bond donors (Lipinski definition) is 2. The summed E-state index contributed by atoms with van der Waals surface area (Å²) >= 11 is 1.27. The Morgan fingerprint density at radius 1 is 1.38 bits per heavy atom. The fourth-order valence-corrected chi connectivity index (χ4v) is 2.11. The quantitative estimate of drug-likeness (QED) is 0.685. The third-order valence-electron chi connectivity index (χ3n) is 2.79. The van der Waals surface area contributed by atoms with Crippen LogP contribution >= 0.6 is 11.8 Å².